The van der Waals surface area contributed by atoms with E-state index in [2.05, 4.69) is 4.98 Å². The minimum absolute atomic E-state index is 0.324. The second-order valence-corrected chi connectivity index (χ2v) is 5.14. The summed E-state index contributed by atoms with van der Waals surface area (Å²) in [5.41, 5.74) is -1.09. The smallest absolute Gasteiger partial charge is 0.330 e. The van der Waals surface area contributed by atoms with Crippen molar-refractivity contribution in [2.45, 2.75) is 22.4 Å². The molecule has 0 amide bonds. The normalized spacial score (nSPS) is 32.9. The molecule has 1 unspecified atom stereocenters. The van der Waals surface area contributed by atoms with Gasteiger partial charge in [0.15, 0.2) is 6.23 Å². The minimum atomic E-state index is -0.857. The summed E-state index contributed by atoms with van der Waals surface area (Å²) in [5, 5.41) is 18.8. The summed E-state index contributed by atoms with van der Waals surface area (Å²) in [4.78, 5) is 24.6. The monoisotopic (exact) mass is 354 g/mol. The number of nitrogens with one attached hydrogen (secondary N) is 1. The predicted octanol–water partition coefficient (Wildman–Crippen LogP) is -1.41. The van der Waals surface area contributed by atoms with E-state index in [4.69, 9.17) is 9.84 Å². The van der Waals surface area contributed by atoms with Crippen molar-refractivity contribution in [2.75, 3.05) is 6.61 Å². The van der Waals surface area contributed by atoms with Gasteiger partial charge >= 0.3 is 5.69 Å². The second kappa shape index (κ2) is 4.88. The van der Waals surface area contributed by atoms with Crippen LogP contribution < -0.4 is 11.2 Å². The third kappa shape index (κ3) is 2.30. The lowest BCUT2D eigenvalue weighted by atomic mass is 10.2. The molecule has 17 heavy (non-hydrogen) atoms. The van der Waals surface area contributed by atoms with Crippen LogP contribution in [0.3, 0.4) is 0 Å². The van der Waals surface area contributed by atoms with Crippen molar-refractivity contribution in [3.8, 4) is 0 Å². The Morgan fingerprint density at radius 3 is 2.76 bits per heavy atom. The second-order valence-electron chi connectivity index (χ2n) is 3.70. The van der Waals surface area contributed by atoms with E-state index in [0.717, 1.165) is 0 Å². The molecule has 2 rings (SSSR count). The lowest BCUT2D eigenvalue weighted by Gasteiger charge is -2.16. The molecular formula is C9H11IN2O5. The number of rotatable bonds is 2. The molecule has 0 spiro atoms. The van der Waals surface area contributed by atoms with E-state index in [9.17, 15) is 14.7 Å². The summed E-state index contributed by atoms with van der Waals surface area (Å²) in [6, 6.07) is 1.20. The highest BCUT2D eigenvalue weighted by Gasteiger charge is 2.43. The van der Waals surface area contributed by atoms with Crippen LogP contribution in [0.15, 0.2) is 21.9 Å². The summed E-state index contributed by atoms with van der Waals surface area (Å²) in [6.07, 6.45) is -0.971. The number of hydrogen-bond acceptors (Lipinski definition) is 5. The zero-order chi connectivity index (χ0) is 12.6. The Morgan fingerprint density at radius 2 is 2.24 bits per heavy atom. The van der Waals surface area contributed by atoms with Crippen LogP contribution in [0.25, 0.3) is 0 Å². The standard InChI is InChI=1S/C9H11IN2O5/c10-6-7(15)4(3-13)17-8(6)12-2-1-5(14)11-9(12)16/h1-2,4,6-8,13,15H,3H2,(H,11,14,16)/t4-,6+,7?,8-/m1/s1. The summed E-state index contributed by atoms with van der Waals surface area (Å²) in [7, 11) is 0. The number of H-pyrrole nitrogens is 1. The maximum absolute atomic E-state index is 11.6. The van der Waals surface area contributed by atoms with Gasteiger partial charge in [-0.05, 0) is 0 Å². The molecule has 1 saturated heterocycles. The Bertz CT molecular complexity index is 513. The molecule has 1 fully saturated rings. The average molecular weight is 354 g/mol. The van der Waals surface area contributed by atoms with Crippen molar-refractivity contribution in [2.24, 2.45) is 0 Å². The van der Waals surface area contributed by atoms with Crippen molar-refractivity contribution in [1.82, 2.24) is 9.55 Å². The van der Waals surface area contributed by atoms with E-state index < -0.39 is 29.7 Å². The molecule has 4 atom stereocenters. The fourth-order valence-electron chi connectivity index (χ4n) is 1.71. The van der Waals surface area contributed by atoms with Gasteiger partial charge in [-0.25, -0.2) is 4.79 Å². The van der Waals surface area contributed by atoms with Gasteiger partial charge in [-0.15, -0.1) is 0 Å². The fourth-order valence-corrected chi connectivity index (χ4v) is 2.69. The molecule has 1 aromatic rings. The molecule has 0 radical (unpaired) electrons. The van der Waals surface area contributed by atoms with Crippen LogP contribution in [-0.4, -0.2) is 42.5 Å². The van der Waals surface area contributed by atoms with Crippen LogP contribution >= 0.6 is 22.6 Å². The van der Waals surface area contributed by atoms with Gasteiger partial charge in [0.25, 0.3) is 5.56 Å². The molecule has 1 aliphatic rings. The van der Waals surface area contributed by atoms with Crippen molar-refractivity contribution >= 4 is 22.6 Å². The SMILES string of the molecule is O=c1ccn([C@@H]2O[C@H](CO)C(O)[C@@H]2I)c(=O)[nH]1. The Morgan fingerprint density at radius 1 is 1.53 bits per heavy atom. The van der Waals surface area contributed by atoms with Gasteiger partial charge in [-0.2, -0.15) is 0 Å². The van der Waals surface area contributed by atoms with E-state index in [-0.39, 0.29) is 10.5 Å². The average Bonchev–Trinajstić information content (AvgIpc) is 2.57. The highest BCUT2D eigenvalue weighted by atomic mass is 127. The number of aliphatic hydroxyl groups is 2. The number of ether oxygens (including phenoxy) is 1. The lowest BCUT2D eigenvalue weighted by molar-refractivity contribution is -0.0456. The summed E-state index contributed by atoms with van der Waals surface area (Å²) >= 11 is 1.95. The molecule has 0 aliphatic carbocycles. The molecule has 7 nitrogen and oxygen atoms in total. The van der Waals surface area contributed by atoms with Crippen LogP contribution in [0.5, 0.6) is 0 Å². The molecule has 2 heterocycles. The third-order valence-corrected chi connectivity index (χ3v) is 3.95. The molecular weight excluding hydrogens is 343 g/mol. The van der Waals surface area contributed by atoms with Gasteiger partial charge in [-0.1, -0.05) is 22.6 Å². The van der Waals surface area contributed by atoms with Crippen molar-refractivity contribution in [3.05, 3.63) is 33.1 Å². The van der Waals surface area contributed by atoms with Crippen LogP contribution in [0.2, 0.25) is 0 Å². The molecule has 94 valence electrons. The third-order valence-electron chi connectivity index (χ3n) is 2.60. The van der Waals surface area contributed by atoms with Gasteiger partial charge in [-0.3, -0.25) is 14.3 Å². The Hall–Kier alpha value is -0.710. The first-order valence-electron chi connectivity index (χ1n) is 4.94. The van der Waals surface area contributed by atoms with Crippen LogP contribution in [-0.2, 0) is 4.74 Å². The molecule has 8 heteroatoms. The van der Waals surface area contributed by atoms with Crippen molar-refractivity contribution in [3.63, 3.8) is 0 Å². The first-order valence-corrected chi connectivity index (χ1v) is 6.19. The van der Waals surface area contributed by atoms with Crippen molar-refractivity contribution < 1.29 is 14.9 Å². The zero-order valence-electron chi connectivity index (χ0n) is 8.62. The molecule has 3 N–H and O–H groups in total. The van der Waals surface area contributed by atoms with Gasteiger partial charge in [0.05, 0.1) is 16.6 Å². The first kappa shape index (κ1) is 12.7. The molecule has 0 saturated carbocycles. The Labute approximate surface area is 109 Å². The fraction of sp³-hybridized carbons (Fsp3) is 0.556. The number of aromatic amines is 1. The van der Waals surface area contributed by atoms with E-state index in [1.807, 2.05) is 22.6 Å². The van der Waals surface area contributed by atoms with Crippen LogP contribution in [0, 0.1) is 0 Å². The predicted molar refractivity (Wildman–Crippen MR) is 66.1 cm³/mol. The van der Waals surface area contributed by atoms with Gasteiger partial charge < -0.3 is 14.9 Å². The number of hydrogen-bond donors (Lipinski definition) is 3. The molecule has 0 aromatic carbocycles. The highest BCUT2D eigenvalue weighted by molar-refractivity contribution is 14.1. The topological polar surface area (TPSA) is 105 Å². The number of aliphatic hydroxyl groups excluding tert-OH is 2. The first-order chi connectivity index (χ1) is 8.04. The Balaban J connectivity index is 2.35. The Kier molecular flexibility index (Phi) is 3.66. The highest BCUT2D eigenvalue weighted by Crippen LogP contribution is 2.33. The van der Waals surface area contributed by atoms with E-state index in [1.165, 1.54) is 16.8 Å². The van der Waals surface area contributed by atoms with Gasteiger partial charge in [0, 0.05) is 12.3 Å². The van der Waals surface area contributed by atoms with E-state index >= 15 is 0 Å². The largest absolute Gasteiger partial charge is 0.394 e. The maximum Gasteiger partial charge on any atom is 0.330 e. The van der Waals surface area contributed by atoms with Gasteiger partial charge in [0.1, 0.15) is 6.10 Å². The summed E-state index contributed by atoms with van der Waals surface area (Å²) in [6.45, 7) is -0.324. The number of alkyl halides is 1. The quantitative estimate of drug-likeness (QED) is 0.447. The summed E-state index contributed by atoms with van der Waals surface area (Å²) < 4.78 is 6.19. The zero-order valence-corrected chi connectivity index (χ0v) is 10.8. The number of aromatic nitrogens is 2. The molecule has 1 aromatic heterocycles. The minimum Gasteiger partial charge on any atom is -0.394 e. The van der Waals surface area contributed by atoms with E-state index in [0.29, 0.717) is 0 Å². The summed E-state index contributed by atoms with van der Waals surface area (Å²) in [5.74, 6) is 0. The van der Waals surface area contributed by atoms with Gasteiger partial charge in [0.2, 0.25) is 0 Å². The number of halogens is 1. The van der Waals surface area contributed by atoms with Crippen LogP contribution in [0.4, 0.5) is 0 Å². The lowest BCUT2D eigenvalue weighted by Crippen LogP contribution is -2.35. The molecule has 0 bridgehead atoms. The van der Waals surface area contributed by atoms with Crippen molar-refractivity contribution in [1.29, 1.82) is 0 Å². The van der Waals surface area contributed by atoms with E-state index in [1.54, 1.807) is 0 Å². The van der Waals surface area contributed by atoms with Crippen LogP contribution in [0.1, 0.15) is 6.23 Å². The number of nitrogens with zero attached hydrogens (tertiary/aromatic N) is 1. The molecule has 1 aliphatic heterocycles. The maximum atomic E-state index is 11.6.